The molecule has 0 fully saturated rings. The van der Waals surface area contributed by atoms with Crippen LogP contribution in [0.1, 0.15) is 13.3 Å². The minimum atomic E-state index is 1.05. The number of fused-ring (bicyclic) bond motifs is 1. The van der Waals surface area contributed by atoms with E-state index in [4.69, 9.17) is 0 Å². The van der Waals surface area contributed by atoms with Crippen molar-refractivity contribution in [2.45, 2.75) is 13.3 Å². The van der Waals surface area contributed by atoms with Gasteiger partial charge in [-0.3, -0.25) is 0 Å². The van der Waals surface area contributed by atoms with Gasteiger partial charge < -0.3 is 5.32 Å². The van der Waals surface area contributed by atoms with Crippen LogP contribution in [-0.4, -0.2) is 6.54 Å². The lowest BCUT2D eigenvalue weighted by Crippen LogP contribution is -1.98. The van der Waals surface area contributed by atoms with Crippen molar-refractivity contribution in [2.24, 2.45) is 0 Å². The number of thiophene rings is 1. The average molecular weight is 191 g/mol. The van der Waals surface area contributed by atoms with Crippen molar-refractivity contribution in [3.05, 3.63) is 29.6 Å². The molecule has 0 aliphatic rings. The zero-order valence-electron chi connectivity index (χ0n) is 7.71. The summed E-state index contributed by atoms with van der Waals surface area (Å²) in [5, 5.41) is 6.91. The van der Waals surface area contributed by atoms with Crippen LogP contribution in [0.25, 0.3) is 10.1 Å². The molecule has 0 radical (unpaired) electrons. The van der Waals surface area contributed by atoms with Gasteiger partial charge in [0.1, 0.15) is 0 Å². The quantitative estimate of drug-likeness (QED) is 0.779. The van der Waals surface area contributed by atoms with Crippen molar-refractivity contribution in [3.8, 4) is 0 Å². The Balaban J connectivity index is 2.37. The van der Waals surface area contributed by atoms with Crippen molar-refractivity contribution in [1.82, 2.24) is 0 Å². The Morgan fingerprint density at radius 1 is 1.31 bits per heavy atom. The molecule has 13 heavy (non-hydrogen) atoms. The molecule has 68 valence electrons. The Morgan fingerprint density at radius 3 is 3.08 bits per heavy atom. The molecule has 0 spiro atoms. The highest BCUT2D eigenvalue weighted by Crippen LogP contribution is 2.28. The third-order valence-electron chi connectivity index (χ3n) is 2.04. The SMILES string of the molecule is CCCNc1cccc2ccsc12. The molecule has 0 bridgehead atoms. The Hall–Kier alpha value is -1.02. The molecule has 0 saturated heterocycles. The molecule has 0 unspecified atom stereocenters. The molecular weight excluding hydrogens is 178 g/mol. The third-order valence-corrected chi connectivity index (χ3v) is 3.01. The predicted molar refractivity (Wildman–Crippen MR) is 60.6 cm³/mol. The van der Waals surface area contributed by atoms with E-state index in [1.54, 1.807) is 11.3 Å². The van der Waals surface area contributed by atoms with E-state index in [1.807, 2.05) is 0 Å². The number of hydrogen-bond acceptors (Lipinski definition) is 2. The standard InChI is InChI=1S/C11H13NS/c1-2-7-12-10-5-3-4-9-6-8-13-11(9)10/h3-6,8,12H,2,7H2,1H3. The first-order chi connectivity index (χ1) is 6.42. The zero-order valence-corrected chi connectivity index (χ0v) is 8.53. The Bertz CT molecular complexity index is 392. The minimum Gasteiger partial charge on any atom is -0.384 e. The molecule has 0 amide bonds. The molecule has 2 heteroatoms. The largest absolute Gasteiger partial charge is 0.384 e. The van der Waals surface area contributed by atoms with Crippen LogP contribution < -0.4 is 5.32 Å². The first kappa shape index (κ1) is 8.57. The molecule has 0 aliphatic carbocycles. The van der Waals surface area contributed by atoms with Crippen molar-refractivity contribution in [1.29, 1.82) is 0 Å². The molecule has 0 saturated carbocycles. The van der Waals surface area contributed by atoms with Gasteiger partial charge in [0.2, 0.25) is 0 Å². The highest BCUT2D eigenvalue weighted by molar-refractivity contribution is 7.17. The molecular formula is C11H13NS. The average Bonchev–Trinajstić information content (AvgIpc) is 2.62. The number of rotatable bonds is 3. The summed E-state index contributed by atoms with van der Waals surface area (Å²) in [6, 6.07) is 8.57. The lowest BCUT2D eigenvalue weighted by Gasteiger charge is -2.04. The normalized spacial score (nSPS) is 10.5. The minimum absolute atomic E-state index is 1.05. The molecule has 1 N–H and O–H groups in total. The van der Waals surface area contributed by atoms with E-state index < -0.39 is 0 Å². The van der Waals surface area contributed by atoms with Crippen LogP contribution in [0.4, 0.5) is 5.69 Å². The molecule has 1 heterocycles. The fourth-order valence-electron chi connectivity index (χ4n) is 1.39. The van der Waals surface area contributed by atoms with Gasteiger partial charge >= 0.3 is 0 Å². The maximum atomic E-state index is 3.43. The van der Waals surface area contributed by atoms with Crippen LogP contribution in [0, 0.1) is 0 Å². The number of nitrogens with one attached hydrogen (secondary N) is 1. The molecule has 1 aromatic carbocycles. The second-order valence-electron chi connectivity index (χ2n) is 3.07. The molecule has 0 atom stereocenters. The Labute approximate surface area is 82.4 Å². The van der Waals surface area contributed by atoms with Crippen LogP contribution in [0.15, 0.2) is 29.6 Å². The van der Waals surface area contributed by atoms with Crippen molar-refractivity contribution in [3.63, 3.8) is 0 Å². The topological polar surface area (TPSA) is 12.0 Å². The van der Waals surface area contributed by atoms with E-state index in [0.717, 1.165) is 6.54 Å². The third kappa shape index (κ3) is 1.68. The molecule has 1 aromatic heterocycles. The molecule has 2 rings (SSSR count). The summed E-state index contributed by atoms with van der Waals surface area (Å²) < 4.78 is 1.37. The van der Waals surface area contributed by atoms with Crippen LogP contribution in [0.2, 0.25) is 0 Å². The van der Waals surface area contributed by atoms with Gasteiger partial charge in [0.25, 0.3) is 0 Å². The van der Waals surface area contributed by atoms with Crippen molar-refractivity contribution in [2.75, 3.05) is 11.9 Å². The summed E-state index contributed by atoms with van der Waals surface area (Å²) in [5.74, 6) is 0. The van der Waals surface area contributed by atoms with Gasteiger partial charge in [0, 0.05) is 6.54 Å². The Kier molecular flexibility index (Phi) is 2.50. The van der Waals surface area contributed by atoms with Gasteiger partial charge in [-0.15, -0.1) is 11.3 Å². The summed E-state index contributed by atoms with van der Waals surface area (Å²) in [4.78, 5) is 0. The van der Waals surface area contributed by atoms with Gasteiger partial charge in [-0.05, 0) is 29.3 Å². The van der Waals surface area contributed by atoms with Crippen LogP contribution in [0.5, 0.6) is 0 Å². The van der Waals surface area contributed by atoms with Gasteiger partial charge in [0.05, 0.1) is 10.4 Å². The molecule has 0 aliphatic heterocycles. The highest BCUT2D eigenvalue weighted by Gasteiger charge is 1.99. The van der Waals surface area contributed by atoms with E-state index in [9.17, 15) is 0 Å². The number of hydrogen-bond donors (Lipinski definition) is 1. The van der Waals surface area contributed by atoms with Gasteiger partial charge in [-0.1, -0.05) is 19.1 Å². The first-order valence-electron chi connectivity index (χ1n) is 4.62. The van der Waals surface area contributed by atoms with Gasteiger partial charge in [-0.2, -0.15) is 0 Å². The lowest BCUT2D eigenvalue weighted by atomic mass is 10.2. The zero-order chi connectivity index (χ0) is 9.10. The number of anilines is 1. The van der Waals surface area contributed by atoms with Gasteiger partial charge in [-0.25, -0.2) is 0 Å². The maximum absolute atomic E-state index is 3.43. The summed E-state index contributed by atoms with van der Waals surface area (Å²) in [6.07, 6.45) is 1.17. The van der Waals surface area contributed by atoms with Crippen LogP contribution in [-0.2, 0) is 0 Å². The highest BCUT2D eigenvalue weighted by atomic mass is 32.1. The van der Waals surface area contributed by atoms with Crippen LogP contribution in [0.3, 0.4) is 0 Å². The van der Waals surface area contributed by atoms with Crippen molar-refractivity contribution >= 4 is 27.1 Å². The smallest absolute Gasteiger partial charge is 0.0574 e. The predicted octanol–water partition coefficient (Wildman–Crippen LogP) is 3.72. The van der Waals surface area contributed by atoms with Crippen molar-refractivity contribution < 1.29 is 0 Å². The van der Waals surface area contributed by atoms with E-state index in [2.05, 4.69) is 41.9 Å². The summed E-state index contributed by atoms with van der Waals surface area (Å²) in [7, 11) is 0. The lowest BCUT2D eigenvalue weighted by molar-refractivity contribution is 0.982. The van der Waals surface area contributed by atoms with E-state index in [0.29, 0.717) is 0 Å². The van der Waals surface area contributed by atoms with E-state index >= 15 is 0 Å². The Morgan fingerprint density at radius 2 is 2.23 bits per heavy atom. The monoisotopic (exact) mass is 191 g/mol. The molecule has 2 aromatic rings. The summed E-state index contributed by atoms with van der Waals surface area (Å²) in [5.41, 5.74) is 1.27. The van der Waals surface area contributed by atoms with E-state index in [1.165, 1.54) is 22.2 Å². The fourth-order valence-corrected chi connectivity index (χ4v) is 2.28. The number of benzene rings is 1. The second kappa shape index (κ2) is 3.79. The first-order valence-corrected chi connectivity index (χ1v) is 5.50. The fraction of sp³-hybridized carbons (Fsp3) is 0.273. The van der Waals surface area contributed by atoms with Gasteiger partial charge in [0.15, 0.2) is 0 Å². The summed E-state index contributed by atoms with van der Waals surface area (Å²) in [6.45, 7) is 3.23. The summed E-state index contributed by atoms with van der Waals surface area (Å²) >= 11 is 1.80. The molecule has 1 nitrogen and oxygen atoms in total. The van der Waals surface area contributed by atoms with Crippen LogP contribution >= 0.6 is 11.3 Å². The van der Waals surface area contributed by atoms with E-state index in [-0.39, 0.29) is 0 Å². The second-order valence-corrected chi connectivity index (χ2v) is 3.99. The maximum Gasteiger partial charge on any atom is 0.0574 e.